The Balaban J connectivity index is 1.29. The van der Waals surface area contributed by atoms with Crippen LogP contribution in [0.15, 0.2) is 18.2 Å². The number of piperazine rings is 1. The number of carbonyl (C=O) groups excluding carboxylic acids is 1. The molecule has 3 aliphatic rings. The van der Waals surface area contributed by atoms with Gasteiger partial charge in [-0.1, -0.05) is 22.9 Å². The monoisotopic (exact) mass is 642 g/mol. The quantitative estimate of drug-likeness (QED) is 0.273. The van der Waals surface area contributed by atoms with Gasteiger partial charge in [-0.05, 0) is 52.1 Å². The van der Waals surface area contributed by atoms with Crippen LogP contribution in [0.25, 0.3) is 32.2 Å². The molecule has 14 heteroatoms. The summed E-state index contributed by atoms with van der Waals surface area (Å²) in [5.41, 5.74) is 6.55. The molecule has 2 aliphatic heterocycles. The first-order valence-corrected chi connectivity index (χ1v) is 15.8. The number of thiazole rings is 1. The fraction of sp³-hybridized carbons (Fsp3) is 0.467. The van der Waals surface area contributed by atoms with Crippen molar-refractivity contribution in [2.24, 2.45) is 5.41 Å². The first kappa shape index (κ1) is 29.3. The largest absolute Gasteiger partial charge is 0.463 e. The van der Waals surface area contributed by atoms with E-state index in [0.717, 1.165) is 30.7 Å². The molecular formula is C30H33ClF2N8O2S. The Labute approximate surface area is 262 Å². The molecule has 2 atom stereocenters. The number of amides is 1. The Hall–Kier alpha value is -3.39. The number of hydrogen-bond donors (Lipinski definition) is 2. The summed E-state index contributed by atoms with van der Waals surface area (Å²) in [5, 5.41) is 3.86. The normalized spacial score (nSPS) is 21.0. The standard InChI is InChI=1S/C30H33ClF2N8O2S/c1-15-22(35-15)27(42)41-10-8-40(9-11-41)26-17-12-18(31)20(16-4-5-19(32)25-24(16)36-28(34)44-25)21(33)23(17)37-29(38-26)43-14-30(6-7-30)13-39(2)3/h4-5,12,15,22,35H,6-11,13-14H2,1-3H3,(H2,34,36)/t15-,22-/m1/s1. The van der Waals surface area contributed by atoms with Crippen LogP contribution in [0.4, 0.5) is 19.7 Å². The summed E-state index contributed by atoms with van der Waals surface area (Å²) < 4.78 is 37.7. The van der Waals surface area contributed by atoms with Crippen LogP contribution in [0.3, 0.4) is 0 Å². The van der Waals surface area contributed by atoms with Crippen molar-refractivity contribution in [1.82, 2.24) is 30.1 Å². The summed E-state index contributed by atoms with van der Waals surface area (Å²) in [6.07, 6.45) is 2.06. The zero-order valence-corrected chi connectivity index (χ0v) is 26.2. The number of nitrogens with zero attached hydrogens (tertiary/aromatic N) is 6. The van der Waals surface area contributed by atoms with Gasteiger partial charge in [0, 0.05) is 60.7 Å². The minimum atomic E-state index is -0.683. The highest BCUT2D eigenvalue weighted by molar-refractivity contribution is 7.22. The number of anilines is 2. The smallest absolute Gasteiger partial charge is 0.319 e. The van der Waals surface area contributed by atoms with Gasteiger partial charge in [-0.3, -0.25) is 10.1 Å². The van der Waals surface area contributed by atoms with Gasteiger partial charge in [0.15, 0.2) is 10.9 Å². The van der Waals surface area contributed by atoms with E-state index < -0.39 is 11.6 Å². The van der Waals surface area contributed by atoms with E-state index in [4.69, 9.17) is 27.1 Å². The third-order valence-electron chi connectivity index (χ3n) is 8.73. The Bertz CT molecular complexity index is 1790. The second kappa shape index (κ2) is 10.9. The van der Waals surface area contributed by atoms with E-state index in [9.17, 15) is 9.18 Å². The molecule has 1 amide bonds. The average molecular weight is 643 g/mol. The summed E-state index contributed by atoms with van der Waals surface area (Å²) in [6, 6.07) is 4.48. The predicted octanol–water partition coefficient (Wildman–Crippen LogP) is 4.15. The third kappa shape index (κ3) is 5.29. The van der Waals surface area contributed by atoms with Crippen LogP contribution in [0.5, 0.6) is 6.01 Å². The predicted molar refractivity (Wildman–Crippen MR) is 168 cm³/mol. The molecule has 1 saturated carbocycles. The summed E-state index contributed by atoms with van der Waals surface area (Å²) >= 11 is 7.77. The Morgan fingerprint density at radius 2 is 1.91 bits per heavy atom. The van der Waals surface area contributed by atoms with Crippen molar-refractivity contribution < 1.29 is 18.3 Å². The molecule has 10 nitrogen and oxygen atoms in total. The highest BCUT2D eigenvalue weighted by Gasteiger charge is 2.44. The molecule has 2 aromatic carbocycles. The van der Waals surface area contributed by atoms with Crippen molar-refractivity contribution in [2.45, 2.75) is 31.8 Å². The van der Waals surface area contributed by atoms with Crippen LogP contribution >= 0.6 is 22.9 Å². The van der Waals surface area contributed by atoms with E-state index in [2.05, 4.69) is 20.2 Å². The molecule has 1 aliphatic carbocycles. The number of halogens is 3. The van der Waals surface area contributed by atoms with E-state index in [1.165, 1.54) is 12.1 Å². The molecule has 0 radical (unpaired) electrons. The first-order chi connectivity index (χ1) is 21.0. The molecule has 2 saturated heterocycles. The van der Waals surface area contributed by atoms with Gasteiger partial charge in [0.05, 0.1) is 21.8 Å². The minimum Gasteiger partial charge on any atom is -0.463 e. The zero-order chi connectivity index (χ0) is 30.9. The molecule has 7 rings (SSSR count). The highest BCUT2D eigenvalue weighted by Crippen LogP contribution is 2.47. The topological polar surface area (TPSA) is 123 Å². The number of carbonyl (C=O) groups is 1. The molecule has 0 spiro atoms. The minimum absolute atomic E-state index is 0.00984. The van der Waals surface area contributed by atoms with Crippen molar-refractivity contribution >= 4 is 60.9 Å². The lowest BCUT2D eigenvalue weighted by molar-refractivity contribution is -0.131. The van der Waals surface area contributed by atoms with Gasteiger partial charge >= 0.3 is 6.01 Å². The Morgan fingerprint density at radius 3 is 2.57 bits per heavy atom. The maximum Gasteiger partial charge on any atom is 0.319 e. The Morgan fingerprint density at radius 1 is 1.18 bits per heavy atom. The van der Waals surface area contributed by atoms with Crippen LogP contribution in [-0.4, -0.2) is 96.2 Å². The van der Waals surface area contributed by atoms with Crippen LogP contribution in [0, 0.1) is 17.0 Å². The lowest BCUT2D eigenvalue weighted by Crippen LogP contribution is -2.50. The van der Waals surface area contributed by atoms with E-state index in [1.807, 2.05) is 30.8 Å². The van der Waals surface area contributed by atoms with E-state index in [-0.39, 0.29) is 60.9 Å². The van der Waals surface area contributed by atoms with Crippen LogP contribution in [-0.2, 0) is 4.79 Å². The van der Waals surface area contributed by atoms with Crippen molar-refractivity contribution in [2.75, 3.05) is 64.1 Å². The SMILES string of the molecule is C[C@H]1N[C@H]1C(=O)N1CCN(c2nc(OCC3(CN(C)C)CC3)nc3c(F)c(-c4ccc(F)c5sc(N)nc45)c(Cl)cc23)CC1. The number of benzene rings is 2. The molecule has 44 heavy (non-hydrogen) atoms. The molecule has 0 bridgehead atoms. The maximum atomic E-state index is 16.7. The number of hydrogen-bond acceptors (Lipinski definition) is 10. The van der Waals surface area contributed by atoms with Crippen molar-refractivity contribution in [3.63, 3.8) is 0 Å². The number of rotatable bonds is 8. The second-order valence-corrected chi connectivity index (χ2v) is 13.8. The Kier molecular flexibility index (Phi) is 7.26. The van der Waals surface area contributed by atoms with Crippen molar-refractivity contribution in [3.8, 4) is 17.1 Å². The number of nitrogens with one attached hydrogen (secondary N) is 1. The van der Waals surface area contributed by atoms with Gasteiger partial charge in [0.1, 0.15) is 23.2 Å². The van der Waals surface area contributed by atoms with Gasteiger partial charge in [-0.2, -0.15) is 9.97 Å². The highest BCUT2D eigenvalue weighted by atomic mass is 35.5. The lowest BCUT2D eigenvalue weighted by Gasteiger charge is -2.36. The first-order valence-electron chi connectivity index (χ1n) is 14.7. The number of nitrogen functional groups attached to an aromatic ring is 1. The third-order valence-corrected chi connectivity index (χ3v) is 9.92. The van der Waals surface area contributed by atoms with Crippen LogP contribution in [0.2, 0.25) is 5.02 Å². The molecular weight excluding hydrogens is 610 g/mol. The van der Waals surface area contributed by atoms with Crippen LogP contribution < -0.4 is 20.7 Å². The summed E-state index contributed by atoms with van der Waals surface area (Å²) in [5.74, 6) is -0.595. The van der Waals surface area contributed by atoms with Gasteiger partial charge in [0.25, 0.3) is 0 Å². The van der Waals surface area contributed by atoms with Gasteiger partial charge < -0.3 is 25.2 Å². The van der Waals surface area contributed by atoms with E-state index in [1.54, 1.807) is 6.07 Å². The summed E-state index contributed by atoms with van der Waals surface area (Å²) in [4.78, 5) is 32.4. The zero-order valence-electron chi connectivity index (χ0n) is 24.7. The van der Waals surface area contributed by atoms with E-state index >= 15 is 4.39 Å². The van der Waals surface area contributed by atoms with Crippen molar-refractivity contribution in [1.29, 1.82) is 0 Å². The average Bonchev–Trinajstić information content (AvgIpc) is 3.88. The maximum absolute atomic E-state index is 16.7. The van der Waals surface area contributed by atoms with Gasteiger partial charge in [0.2, 0.25) is 5.91 Å². The second-order valence-electron chi connectivity index (χ2n) is 12.4. The fourth-order valence-corrected chi connectivity index (χ4v) is 7.23. The van der Waals surface area contributed by atoms with Gasteiger partial charge in [-0.15, -0.1) is 0 Å². The number of ether oxygens (including phenoxy) is 1. The molecule has 4 heterocycles. The van der Waals surface area contributed by atoms with Crippen LogP contribution in [0.1, 0.15) is 19.8 Å². The molecule has 2 aromatic heterocycles. The fourth-order valence-electron chi connectivity index (χ4n) is 6.17. The molecule has 3 fully saturated rings. The summed E-state index contributed by atoms with van der Waals surface area (Å²) in [7, 11) is 4.05. The molecule has 232 valence electrons. The molecule has 3 N–H and O–H groups in total. The molecule has 4 aromatic rings. The number of fused-ring (bicyclic) bond motifs is 2. The number of nitrogens with two attached hydrogens (primary N) is 1. The van der Waals surface area contributed by atoms with Gasteiger partial charge in [-0.25, -0.2) is 13.8 Å². The number of aromatic nitrogens is 3. The van der Waals surface area contributed by atoms with E-state index in [0.29, 0.717) is 49.6 Å². The molecule has 0 unspecified atom stereocenters. The van der Waals surface area contributed by atoms with Crippen molar-refractivity contribution in [3.05, 3.63) is 34.9 Å². The lowest BCUT2D eigenvalue weighted by atomic mass is 10.0. The summed E-state index contributed by atoms with van der Waals surface area (Å²) in [6.45, 7) is 5.27.